The number of piperazine rings is 1. The van der Waals surface area contributed by atoms with Crippen LogP contribution in [0.4, 0.5) is 11.4 Å². The number of anilines is 1. The molecular formula is C24H34N4O5S. The van der Waals surface area contributed by atoms with Crippen molar-refractivity contribution in [3.05, 3.63) is 33.9 Å². The maximum Gasteiger partial charge on any atom is 0.293 e. The highest BCUT2D eigenvalue weighted by Gasteiger charge is 2.53. The topological polar surface area (TPSA) is 113 Å². The van der Waals surface area contributed by atoms with Crippen LogP contribution in [0.1, 0.15) is 55.8 Å². The normalized spacial score (nSPS) is 31.9. The fraction of sp³-hybridized carbons (Fsp3) is 0.708. The van der Waals surface area contributed by atoms with E-state index in [4.69, 9.17) is 0 Å². The van der Waals surface area contributed by atoms with E-state index in [0.717, 1.165) is 17.8 Å². The molecule has 0 spiro atoms. The predicted octanol–water partition coefficient (Wildman–Crippen LogP) is 3.01. The minimum Gasteiger partial charge on any atom is -0.363 e. The first kappa shape index (κ1) is 23.5. The molecule has 0 radical (unpaired) electrons. The highest BCUT2D eigenvalue weighted by Crippen LogP contribution is 2.61. The van der Waals surface area contributed by atoms with Crippen molar-refractivity contribution in [3.8, 4) is 0 Å². The van der Waals surface area contributed by atoms with Crippen molar-refractivity contribution in [1.82, 2.24) is 9.62 Å². The van der Waals surface area contributed by atoms with Crippen LogP contribution < -0.4 is 10.2 Å². The van der Waals surface area contributed by atoms with Gasteiger partial charge in [-0.05, 0) is 80.8 Å². The number of carbonyl (C=O) groups excluding carboxylic acids is 1. The molecule has 0 unspecified atom stereocenters. The molecule has 0 aromatic heterocycles. The van der Waals surface area contributed by atoms with Gasteiger partial charge in [-0.2, -0.15) is 4.31 Å². The lowest BCUT2D eigenvalue weighted by atomic mass is 9.48. The smallest absolute Gasteiger partial charge is 0.293 e. The van der Waals surface area contributed by atoms with Gasteiger partial charge < -0.3 is 10.2 Å². The summed E-state index contributed by atoms with van der Waals surface area (Å²) in [7, 11) is -3.28. The van der Waals surface area contributed by atoms with Gasteiger partial charge in [0, 0.05) is 43.9 Å². The van der Waals surface area contributed by atoms with Crippen molar-refractivity contribution >= 4 is 27.3 Å². The monoisotopic (exact) mass is 490 g/mol. The van der Waals surface area contributed by atoms with Crippen LogP contribution in [0.3, 0.4) is 0 Å². The molecule has 5 fully saturated rings. The van der Waals surface area contributed by atoms with Gasteiger partial charge in [0.2, 0.25) is 10.0 Å². The van der Waals surface area contributed by atoms with E-state index in [1.165, 1.54) is 55.2 Å². The van der Waals surface area contributed by atoms with Gasteiger partial charge in [-0.25, -0.2) is 8.42 Å². The molecule has 4 aliphatic carbocycles. The molecule has 9 nitrogen and oxygen atoms in total. The number of nitro benzene ring substituents is 1. The SMILES string of the molecule is C[C@H](NC(=O)c1ccc(N2CCN(S(C)(=O)=O)CC2)c([N+](=O)[O-])c1)C12CC3CC(CC(C3)C1)C2. The minimum atomic E-state index is -3.28. The van der Waals surface area contributed by atoms with Crippen LogP contribution in [0.25, 0.3) is 0 Å². The summed E-state index contributed by atoms with van der Waals surface area (Å²) in [6.07, 6.45) is 8.73. The Hall–Kier alpha value is -2.20. The zero-order valence-corrected chi connectivity index (χ0v) is 20.7. The van der Waals surface area contributed by atoms with Crippen molar-refractivity contribution in [1.29, 1.82) is 0 Å². The summed E-state index contributed by atoms with van der Waals surface area (Å²) in [6.45, 7) is 3.39. The van der Waals surface area contributed by atoms with Gasteiger partial charge in [-0.15, -0.1) is 0 Å². The molecule has 1 saturated heterocycles. The molecule has 1 N–H and O–H groups in total. The third kappa shape index (κ3) is 4.30. The number of sulfonamides is 1. The molecule has 5 aliphatic rings. The molecule has 10 heteroatoms. The standard InChI is InChI=1S/C24H34N4O5S/c1-16(24-13-17-9-18(14-24)11-19(10-17)15-24)25-23(29)20-3-4-21(22(12-20)28(30)31)26-5-7-27(8-6-26)34(2,32)33/h3-4,12,16-19H,5-11,13-15H2,1-2H3,(H,25,29)/t16-,17?,18?,19?,24?/m0/s1. The molecule has 4 bridgehead atoms. The average molecular weight is 491 g/mol. The molecule has 1 amide bonds. The minimum absolute atomic E-state index is 0.0382. The number of amides is 1. The van der Waals surface area contributed by atoms with Crippen molar-refractivity contribution < 1.29 is 18.1 Å². The van der Waals surface area contributed by atoms with E-state index in [1.807, 2.05) is 4.90 Å². The number of nitro groups is 1. The maximum atomic E-state index is 13.1. The molecule has 1 heterocycles. The van der Waals surface area contributed by atoms with E-state index in [2.05, 4.69) is 12.2 Å². The van der Waals surface area contributed by atoms with Crippen molar-refractivity contribution in [2.75, 3.05) is 37.3 Å². The van der Waals surface area contributed by atoms with E-state index in [-0.39, 0.29) is 36.1 Å². The van der Waals surface area contributed by atoms with E-state index in [1.54, 1.807) is 12.1 Å². The van der Waals surface area contributed by atoms with Gasteiger partial charge in [0.05, 0.1) is 11.2 Å². The number of rotatable bonds is 6. The molecule has 1 aromatic carbocycles. The summed E-state index contributed by atoms with van der Waals surface area (Å²) in [6, 6.07) is 4.67. The third-order valence-electron chi connectivity index (χ3n) is 8.83. The fourth-order valence-electron chi connectivity index (χ4n) is 7.48. The summed E-state index contributed by atoms with van der Waals surface area (Å²) < 4.78 is 24.9. The molecule has 1 atom stereocenters. The summed E-state index contributed by atoms with van der Waals surface area (Å²) in [5.74, 6) is 2.09. The molecular weight excluding hydrogens is 456 g/mol. The Balaban J connectivity index is 1.30. The molecule has 6 rings (SSSR count). The number of nitrogens with zero attached hydrogens (tertiary/aromatic N) is 3. The Kier molecular flexibility index (Phi) is 5.87. The van der Waals surface area contributed by atoms with Crippen molar-refractivity contribution in [3.63, 3.8) is 0 Å². The Morgan fingerprint density at radius 2 is 1.65 bits per heavy atom. The Morgan fingerprint density at radius 1 is 1.09 bits per heavy atom. The third-order valence-corrected chi connectivity index (χ3v) is 10.1. The number of carbonyl (C=O) groups is 1. The quantitative estimate of drug-likeness (QED) is 0.485. The predicted molar refractivity (Wildman–Crippen MR) is 129 cm³/mol. The van der Waals surface area contributed by atoms with Crippen LogP contribution in [-0.2, 0) is 10.0 Å². The van der Waals surface area contributed by atoms with Gasteiger partial charge >= 0.3 is 0 Å². The van der Waals surface area contributed by atoms with E-state index < -0.39 is 14.9 Å². The van der Waals surface area contributed by atoms with Gasteiger partial charge in [0.15, 0.2) is 0 Å². The molecule has 4 saturated carbocycles. The average Bonchev–Trinajstić information content (AvgIpc) is 2.77. The number of hydrogen-bond donors (Lipinski definition) is 1. The van der Waals surface area contributed by atoms with Crippen molar-refractivity contribution in [2.45, 2.75) is 51.5 Å². The second-order valence-corrected chi connectivity index (χ2v) is 13.1. The lowest BCUT2D eigenvalue weighted by Gasteiger charge is -2.59. The van der Waals surface area contributed by atoms with Crippen LogP contribution in [0.5, 0.6) is 0 Å². The first-order chi connectivity index (χ1) is 16.0. The lowest BCUT2D eigenvalue weighted by Crippen LogP contribution is -2.55. The lowest BCUT2D eigenvalue weighted by molar-refractivity contribution is -0.384. The molecule has 1 aliphatic heterocycles. The maximum absolute atomic E-state index is 13.1. The summed E-state index contributed by atoms with van der Waals surface area (Å²) in [4.78, 5) is 26.4. The Labute approximate surface area is 201 Å². The van der Waals surface area contributed by atoms with Crippen molar-refractivity contribution in [2.24, 2.45) is 23.2 Å². The largest absolute Gasteiger partial charge is 0.363 e. The van der Waals surface area contributed by atoms with Crippen LogP contribution in [0, 0.1) is 33.3 Å². The van der Waals surface area contributed by atoms with Gasteiger partial charge in [-0.3, -0.25) is 14.9 Å². The number of hydrogen-bond acceptors (Lipinski definition) is 6. The Morgan fingerprint density at radius 3 is 2.15 bits per heavy atom. The first-order valence-corrected chi connectivity index (χ1v) is 14.2. The zero-order chi connectivity index (χ0) is 24.3. The van der Waals surface area contributed by atoms with Crippen LogP contribution in [0.2, 0.25) is 0 Å². The fourth-order valence-corrected chi connectivity index (χ4v) is 8.31. The first-order valence-electron chi connectivity index (χ1n) is 12.3. The van der Waals surface area contributed by atoms with E-state index in [0.29, 0.717) is 24.3 Å². The summed E-state index contributed by atoms with van der Waals surface area (Å²) >= 11 is 0. The number of nitrogens with one attached hydrogen (secondary N) is 1. The Bertz CT molecular complexity index is 1060. The van der Waals surface area contributed by atoms with Crippen LogP contribution >= 0.6 is 0 Å². The zero-order valence-electron chi connectivity index (χ0n) is 19.9. The molecule has 34 heavy (non-hydrogen) atoms. The second kappa shape index (κ2) is 8.48. The van der Waals surface area contributed by atoms with Gasteiger partial charge in [0.25, 0.3) is 11.6 Å². The van der Waals surface area contributed by atoms with Gasteiger partial charge in [-0.1, -0.05) is 0 Å². The van der Waals surface area contributed by atoms with Gasteiger partial charge in [0.1, 0.15) is 5.69 Å². The summed E-state index contributed by atoms with van der Waals surface area (Å²) in [5.41, 5.74) is 0.754. The van der Waals surface area contributed by atoms with E-state index >= 15 is 0 Å². The highest BCUT2D eigenvalue weighted by atomic mass is 32.2. The second-order valence-electron chi connectivity index (χ2n) is 11.1. The summed E-state index contributed by atoms with van der Waals surface area (Å²) in [5, 5.41) is 15.0. The molecule has 1 aromatic rings. The van der Waals surface area contributed by atoms with E-state index in [9.17, 15) is 23.3 Å². The number of benzene rings is 1. The molecule has 186 valence electrons. The van der Waals surface area contributed by atoms with Crippen LogP contribution in [0.15, 0.2) is 18.2 Å². The van der Waals surface area contributed by atoms with Crippen LogP contribution in [-0.4, -0.2) is 62.0 Å². The highest BCUT2D eigenvalue weighted by molar-refractivity contribution is 7.88.